The van der Waals surface area contributed by atoms with E-state index in [1.54, 1.807) is 0 Å². The zero-order valence-electron chi connectivity index (χ0n) is 9.47. The Kier molecular flexibility index (Phi) is 3.80. The van der Waals surface area contributed by atoms with Crippen molar-refractivity contribution < 1.29 is 10.2 Å². The summed E-state index contributed by atoms with van der Waals surface area (Å²) < 4.78 is 0. The maximum atomic E-state index is 9.28. The summed E-state index contributed by atoms with van der Waals surface area (Å²) in [5.41, 5.74) is 2.14. The van der Waals surface area contributed by atoms with Gasteiger partial charge in [0.15, 0.2) is 0 Å². The average Bonchev–Trinajstić information content (AvgIpc) is 2.78. The average molecular weight is 221 g/mol. The SMILES string of the molecule is OCCC1CCN(c2ccccc2CO)C1. The van der Waals surface area contributed by atoms with Crippen molar-refractivity contribution in [2.24, 2.45) is 5.92 Å². The topological polar surface area (TPSA) is 43.7 Å². The van der Waals surface area contributed by atoms with Crippen LogP contribution in [0.2, 0.25) is 0 Å². The molecule has 0 aromatic heterocycles. The predicted molar refractivity (Wildman–Crippen MR) is 64.4 cm³/mol. The van der Waals surface area contributed by atoms with Gasteiger partial charge in [0, 0.05) is 30.9 Å². The third-order valence-corrected chi connectivity index (χ3v) is 3.33. The van der Waals surface area contributed by atoms with E-state index in [1.807, 2.05) is 18.2 Å². The van der Waals surface area contributed by atoms with Gasteiger partial charge in [-0.05, 0) is 24.8 Å². The molecule has 2 N–H and O–H groups in total. The molecule has 0 aliphatic carbocycles. The molecule has 1 fully saturated rings. The number of nitrogens with zero attached hydrogens (tertiary/aromatic N) is 1. The van der Waals surface area contributed by atoms with Crippen molar-refractivity contribution >= 4 is 5.69 Å². The number of hydrogen-bond acceptors (Lipinski definition) is 3. The fourth-order valence-corrected chi connectivity index (χ4v) is 2.42. The standard InChI is InChI=1S/C13H19NO2/c15-8-6-11-5-7-14(9-11)13-4-2-1-3-12(13)10-16/h1-4,11,15-16H,5-10H2. The predicted octanol–water partition coefficient (Wildman–Crippen LogP) is 1.39. The Bertz CT molecular complexity index is 340. The molecule has 0 saturated carbocycles. The van der Waals surface area contributed by atoms with Gasteiger partial charge in [-0.25, -0.2) is 0 Å². The molecule has 1 aromatic carbocycles. The highest BCUT2D eigenvalue weighted by atomic mass is 16.3. The van der Waals surface area contributed by atoms with Gasteiger partial charge in [0.1, 0.15) is 0 Å². The van der Waals surface area contributed by atoms with Crippen molar-refractivity contribution in [1.82, 2.24) is 0 Å². The van der Waals surface area contributed by atoms with E-state index in [4.69, 9.17) is 5.11 Å². The Morgan fingerprint density at radius 1 is 1.25 bits per heavy atom. The van der Waals surface area contributed by atoms with E-state index in [0.717, 1.165) is 37.2 Å². The first kappa shape index (κ1) is 11.4. The minimum Gasteiger partial charge on any atom is -0.396 e. The van der Waals surface area contributed by atoms with E-state index in [9.17, 15) is 5.11 Å². The van der Waals surface area contributed by atoms with Crippen LogP contribution in [0.3, 0.4) is 0 Å². The molecule has 0 spiro atoms. The largest absolute Gasteiger partial charge is 0.396 e. The number of aliphatic hydroxyl groups is 2. The summed E-state index contributed by atoms with van der Waals surface area (Å²) in [5, 5.41) is 18.2. The molecule has 1 aromatic rings. The summed E-state index contributed by atoms with van der Waals surface area (Å²) in [5.74, 6) is 0.594. The van der Waals surface area contributed by atoms with Crippen molar-refractivity contribution in [3.63, 3.8) is 0 Å². The Balaban J connectivity index is 2.08. The fourth-order valence-electron chi connectivity index (χ4n) is 2.42. The zero-order valence-corrected chi connectivity index (χ0v) is 9.47. The molecule has 0 radical (unpaired) electrons. The lowest BCUT2D eigenvalue weighted by molar-refractivity contribution is 0.263. The second-order valence-electron chi connectivity index (χ2n) is 4.40. The van der Waals surface area contributed by atoms with Crippen molar-refractivity contribution in [3.8, 4) is 0 Å². The van der Waals surface area contributed by atoms with E-state index in [-0.39, 0.29) is 13.2 Å². The second-order valence-corrected chi connectivity index (χ2v) is 4.40. The van der Waals surface area contributed by atoms with E-state index in [2.05, 4.69) is 11.0 Å². The van der Waals surface area contributed by atoms with Gasteiger partial charge in [0.05, 0.1) is 6.61 Å². The molecule has 0 amide bonds. The van der Waals surface area contributed by atoms with Crippen LogP contribution < -0.4 is 4.90 Å². The Labute approximate surface area is 96.3 Å². The highest BCUT2D eigenvalue weighted by molar-refractivity contribution is 5.54. The first-order valence-electron chi connectivity index (χ1n) is 5.89. The monoisotopic (exact) mass is 221 g/mol. The summed E-state index contributed by atoms with van der Waals surface area (Å²) in [6.45, 7) is 2.40. The van der Waals surface area contributed by atoms with Crippen molar-refractivity contribution in [2.75, 3.05) is 24.6 Å². The highest BCUT2D eigenvalue weighted by Crippen LogP contribution is 2.28. The zero-order chi connectivity index (χ0) is 11.4. The molecule has 3 nitrogen and oxygen atoms in total. The van der Waals surface area contributed by atoms with Crippen LogP contribution in [0.5, 0.6) is 0 Å². The highest BCUT2D eigenvalue weighted by Gasteiger charge is 2.23. The summed E-state index contributed by atoms with van der Waals surface area (Å²) in [7, 11) is 0. The summed E-state index contributed by atoms with van der Waals surface area (Å²) in [4.78, 5) is 2.31. The molecule has 1 unspecified atom stereocenters. The lowest BCUT2D eigenvalue weighted by Gasteiger charge is -2.21. The van der Waals surface area contributed by atoms with Crippen LogP contribution in [0.1, 0.15) is 18.4 Å². The number of anilines is 1. The molecule has 3 heteroatoms. The lowest BCUT2D eigenvalue weighted by atomic mass is 10.1. The molecular weight excluding hydrogens is 202 g/mol. The van der Waals surface area contributed by atoms with Crippen LogP contribution in [-0.2, 0) is 6.61 Å². The van der Waals surface area contributed by atoms with E-state index in [0.29, 0.717) is 5.92 Å². The molecule has 1 saturated heterocycles. The second kappa shape index (κ2) is 5.32. The molecule has 0 bridgehead atoms. The molecular formula is C13H19NO2. The van der Waals surface area contributed by atoms with Crippen molar-refractivity contribution in [3.05, 3.63) is 29.8 Å². The maximum absolute atomic E-state index is 9.28. The normalized spacial score (nSPS) is 20.4. The number of hydrogen-bond donors (Lipinski definition) is 2. The van der Waals surface area contributed by atoms with Gasteiger partial charge in [-0.3, -0.25) is 0 Å². The summed E-state index contributed by atoms with van der Waals surface area (Å²) in [6.07, 6.45) is 2.03. The van der Waals surface area contributed by atoms with Gasteiger partial charge >= 0.3 is 0 Å². The van der Waals surface area contributed by atoms with Gasteiger partial charge in [0.2, 0.25) is 0 Å². The fraction of sp³-hybridized carbons (Fsp3) is 0.538. The third kappa shape index (κ3) is 2.36. The quantitative estimate of drug-likeness (QED) is 0.807. The van der Waals surface area contributed by atoms with Crippen LogP contribution in [0.25, 0.3) is 0 Å². The number of benzene rings is 1. The van der Waals surface area contributed by atoms with E-state index in [1.165, 1.54) is 0 Å². The lowest BCUT2D eigenvalue weighted by Crippen LogP contribution is -2.21. The molecule has 16 heavy (non-hydrogen) atoms. The molecule has 1 aliphatic rings. The van der Waals surface area contributed by atoms with Crippen LogP contribution in [-0.4, -0.2) is 29.9 Å². The van der Waals surface area contributed by atoms with Gasteiger partial charge < -0.3 is 15.1 Å². The van der Waals surface area contributed by atoms with Crippen LogP contribution in [0.15, 0.2) is 24.3 Å². The first-order valence-corrected chi connectivity index (χ1v) is 5.89. The minimum atomic E-state index is 0.0946. The van der Waals surface area contributed by atoms with Crippen molar-refractivity contribution in [2.45, 2.75) is 19.4 Å². The molecule has 1 atom stereocenters. The minimum absolute atomic E-state index is 0.0946. The van der Waals surface area contributed by atoms with Crippen LogP contribution >= 0.6 is 0 Å². The summed E-state index contributed by atoms with van der Waals surface area (Å²) >= 11 is 0. The molecule has 1 aliphatic heterocycles. The number of aliphatic hydroxyl groups excluding tert-OH is 2. The Hall–Kier alpha value is -1.06. The van der Waals surface area contributed by atoms with Crippen LogP contribution in [0, 0.1) is 5.92 Å². The van der Waals surface area contributed by atoms with E-state index < -0.39 is 0 Å². The van der Waals surface area contributed by atoms with Crippen molar-refractivity contribution in [1.29, 1.82) is 0 Å². The maximum Gasteiger partial charge on any atom is 0.0702 e. The third-order valence-electron chi connectivity index (χ3n) is 3.33. The molecule has 88 valence electrons. The number of rotatable bonds is 4. The number of para-hydroxylation sites is 1. The van der Waals surface area contributed by atoms with Gasteiger partial charge in [0.25, 0.3) is 0 Å². The Morgan fingerprint density at radius 2 is 2.06 bits per heavy atom. The van der Waals surface area contributed by atoms with Gasteiger partial charge in [-0.1, -0.05) is 18.2 Å². The van der Waals surface area contributed by atoms with Crippen LogP contribution in [0.4, 0.5) is 5.69 Å². The summed E-state index contributed by atoms with van der Waals surface area (Å²) in [6, 6.07) is 7.99. The Morgan fingerprint density at radius 3 is 2.81 bits per heavy atom. The molecule has 2 rings (SSSR count). The first-order chi connectivity index (χ1) is 7.85. The van der Waals surface area contributed by atoms with E-state index >= 15 is 0 Å². The van der Waals surface area contributed by atoms with Gasteiger partial charge in [-0.2, -0.15) is 0 Å². The smallest absolute Gasteiger partial charge is 0.0702 e. The van der Waals surface area contributed by atoms with Gasteiger partial charge in [-0.15, -0.1) is 0 Å². The molecule has 1 heterocycles.